The highest BCUT2D eigenvalue weighted by Crippen LogP contribution is 2.12. The van der Waals surface area contributed by atoms with E-state index in [1.54, 1.807) is 0 Å². The van der Waals surface area contributed by atoms with E-state index in [1.807, 2.05) is 0 Å². The third kappa shape index (κ3) is 5.65. The molecule has 0 saturated carbocycles. The molecule has 2 nitrogen and oxygen atoms in total. The topological polar surface area (TPSA) is 15.3 Å². The fourth-order valence-electron chi connectivity index (χ4n) is 2.18. The van der Waals surface area contributed by atoms with Crippen LogP contribution in [-0.4, -0.2) is 24.5 Å². The standard InChI is InChI=1S/C16H28N2/c1-13(2)11-18(5)12-16-9-7-6-8-15(16)10-17-14(3)4/h6-9,13-14,17H,10-12H2,1-5H3. The van der Waals surface area contributed by atoms with E-state index in [1.165, 1.54) is 11.1 Å². The fraction of sp³-hybridized carbons (Fsp3) is 0.625. The molecule has 0 unspecified atom stereocenters. The summed E-state index contributed by atoms with van der Waals surface area (Å²) in [5.41, 5.74) is 2.86. The van der Waals surface area contributed by atoms with E-state index < -0.39 is 0 Å². The molecule has 2 heteroatoms. The van der Waals surface area contributed by atoms with Crippen LogP contribution >= 0.6 is 0 Å². The van der Waals surface area contributed by atoms with E-state index in [0.717, 1.165) is 25.6 Å². The van der Waals surface area contributed by atoms with Crippen molar-refractivity contribution in [1.82, 2.24) is 10.2 Å². The highest BCUT2D eigenvalue weighted by Gasteiger charge is 2.07. The molecule has 1 N–H and O–H groups in total. The fourth-order valence-corrected chi connectivity index (χ4v) is 2.18. The smallest absolute Gasteiger partial charge is 0.0234 e. The Morgan fingerprint density at radius 2 is 1.67 bits per heavy atom. The van der Waals surface area contributed by atoms with Crippen molar-refractivity contribution >= 4 is 0 Å². The van der Waals surface area contributed by atoms with Gasteiger partial charge < -0.3 is 10.2 Å². The van der Waals surface area contributed by atoms with E-state index in [0.29, 0.717) is 6.04 Å². The normalized spacial score (nSPS) is 11.8. The molecule has 1 rings (SSSR count). The Morgan fingerprint density at radius 3 is 2.22 bits per heavy atom. The molecule has 0 bridgehead atoms. The predicted octanol–water partition coefficient (Wildman–Crippen LogP) is 3.27. The van der Waals surface area contributed by atoms with E-state index in [4.69, 9.17) is 0 Å². The number of nitrogens with one attached hydrogen (secondary N) is 1. The molecular formula is C16H28N2. The number of hydrogen-bond acceptors (Lipinski definition) is 2. The molecule has 0 spiro atoms. The number of benzene rings is 1. The molecule has 0 saturated heterocycles. The monoisotopic (exact) mass is 248 g/mol. The second-order valence-corrected chi connectivity index (χ2v) is 5.89. The lowest BCUT2D eigenvalue weighted by molar-refractivity contribution is 0.287. The Labute approximate surface area is 112 Å². The summed E-state index contributed by atoms with van der Waals surface area (Å²) in [6.07, 6.45) is 0. The Balaban J connectivity index is 2.63. The zero-order valence-corrected chi connectivity index (χ0v) is 12.5. The van der Waals surface area contributed by atoms with Crippen LogP contribution in [0.15, 0.2) is 24.3 Å². The first-order valence-corrected chi connectivity index (χ1v) is 6.97. The van der Waals surface area contributed by atoms with Crippen molar-refractivity contribution in [1.29, 1.82) is 0 Å². The molecule has 0 aliphatic heterocycles. The van der Waals surface area contributed by atoms with Crippen LogP contribution in [-0.2, 0) is 13.1 Å². The maximum atomic E-state index is 3.50. The minimum absolute atomic E-state index is 0.534. The molecule has 0 atom stereocenters. The largest absolute Gasteiger partial charge is 0.310 e. The van der Waals surface area contributed by atoms with Crippen LogP contribution in [0.3, 0.4) is 0 Å². The quantitative estimate of drug-likeness (QED) is 0.796. The Hall–Kier alpha value is -0.860. The van der Waals surface area contributed by atoms with Crippen LogP contribution in [0.2, 0.25) is 0 Å². The molecule has 1 aromatic rings. The summed E-state index contributed by atoms with van der Waals surface area (Å²) in [4.78, 5) is 2.40. The first kappa shape index (κ1) is 15.2. The van der Waals surface area contributed by atoms with Crippen LogP contribution in [0, 0.1) is 5.92 Å². The van der Waals surface area contributed by atoms with Gasteiger partial charge >= 0.3 is 0 Å². The van der Waals surface area contributed by atoms with Gasteiger partial charge in [0.1, 0.15) is 0 Å². The van der Waals surface area contributed by atoms with Crippen LogP contribution in [0.25, 0.3) is 0 Å². The van der Waals surface area contributed by atoms with Crippen molar-refractivity contribution < 1.29 is 0 Å². The molecule has 0 radical (unpaired) electrons. The molecule has 0 aliphatic carbocycles. The van der Waals surface area contributed by atoms with Crippen molar-refractivity contribution in [3.63, 3.8) is 0 Å². The summed E-state index contributed by atoms with van der Waals surface area (Å²) in [6, 6.07) is 9.27. The minimum Gasteiger partial charge on any atom is -0.310 e. The van der Waals surface area contributed by atoms with Crippen LogP contribution in [0.1, 0.15) is 38.8 Å². The average Bonchev–Trinajstić information content (AvgIpc) is 2.26. The summed E-state index contributed by atoms with van der Waals surface area (Å²) in [5.74, 6) is 0.718. The SMILES string of the molecule is CC(C)CN(C)Cc1ccccc1CNC(C)C. The third-order valence-electron chi connectivity index (χ3n) is 2.94. The van der Waals surface area contributed by atoms with Gasteiger partial charge in [-0.05, 0) is 24.1 Å². The van der Waals surface area contributed by atoms with Gasteiger partial charge in [-0.2, -0.15) is 0 Å². The number of rotatable bonds is 7. The van der Waals surface area contributed by atoms with Gasteiger partial charge in [0, 0.05) is 25.7 Å². The van der Waals surface area contributed by atoms with Crippen molar-refractivity contribution in [2.45, 2.75) is 46.8 Å². The van der Waals surface area contributed by atoms with Crippen LogP contribution in [0.4, 0.5) is 0 Å². The molecular weight excluding hydrogens is 220 g/mol. The Bertz CT molecular complexity index is 345. The lowest BCUT2D eigenvalue weighted by Crippen LogP contribution is -2.25. The summed E-state index contributed by atoms with van der Waals surface area (Å²) < 4.78 is 0. The predicted molar refractivity (Wildman–Crippen MR) is 79.6 cm³/mol. The summed E-state index contributed by atoms with van der Waals surface area (Å²) in [7, 11) is 2.20. The highest BCUT2D eigenvalue weighted by atomic mass is 15.1. The van der Waals surface area contributed by atoms with E-state index >= 15 is 0 Å². The number of nitrogens with zero attached hydrogens (tertiary/aromatic N) is 1. The molecule has 102 valence electrons. The van der Waals surface area contributed by atoms with Gasteiger partial charge in [-0.15, -0.1) is 0 Å². The van der Waals surface area contributed by atoms with Crippen molar-refractivity contribution in [2.24, 2.45) is 5.92 Å². The third-order valence-corrected chi connectivity index (χ3v) is 2.94. The first-order chi connectivity index (χ1) is 8.49. The van der Waals surface area contributed by atoms with Gasteiger partial charge in [0.15, 0.2) is 0 Å². The van der Waals surface area contributed by atoms with Gasteiger partial charge in [-0.1, -0.05) is 52.0 Å². The van der Waals surface area contributed by atoms with Gasteiger partial charge in [-0.25, -0.2) is 0 Å². The molecule has 1 aromatic carbocycles. The molecule has 0 fully saturated rings. The minimum atomic E-state index is 0.534. The second kappa shape index (κ2) is 7.55. The van der Waals surface area contributed by atoms with Gasteiger partial charge in [-0.3, -0.25) is 0 Å². The summed E-state index contributed by atoms with van der Waals surface area (Å²) in [5, 5.41) is 3.50. The lowest BCUT2D eigenvalue weighted by atomic mass is 10.1. The van der Waals surface area contributed by atoms with Crippen LogP contribution < -0.4 is 5.32 Å². The van der Waals surface area contributed by atoms with Gasteiger partial charge in [0.25, 0.3) is 0 Å². The molecule has 0 heterocycles. The second-order valence-electron chi connectivity index (χ2n) is 5.89. The van der Waals surface area contributed by atoms with Gasteiger partial charge in [0.2, 0.25) is 0 Å². The van der Waals surface area contributed by atoms with E-state index in [2.05, 4.69) is 69.2 Å². The lowest BCUT2D eigenvalue weighted by Gasteiger charge is -2.21. The molecule has 0 amide bonds. The van der Waals surface area contributed by atoms with Crippen molar-refractivity contribution in [2.75, 3.05) is 13.6 Å². The average molecular weight is 248 g/mol. The van der Waals surface area contributed by atoms with Crippen molar-refractivity contribution in [3.05, 3.63) is 35.4 Å². The molecule has 18 heavy (non-hydrogen) atoms. The Kier molecular flexibility index (Phi) is 6.37. The molecule has 0 aliphatic rings. The highest BCUT2D eigenvalue weighted by molar-refractivity contribution is 5.27. The van der Waals surface area contributed by atoms with Gasteiger partial charge in [0.05, 0.1) is 0 Å². The summed E-state index contributed by atoms with van der Waals surface area (Å²) in [6.45, 7) is 12.1. The maximum absolute atomic E-state index is 3.50. The number of hydrogen-bond donors (Lipinski definition) is 1. The maximum Gasteiger partial charge on any atom is 0.0234 e. The van der Waals surface area contributed by atoms with Crippen LogP contribution in [0.5, 0.6) is 0 Å². The molecule has 0 aromatic heterocycles. The Morgan fingerprint density at radius 1 is 1.06 bits per heavy atom. The summed E-state index contributed by atoms with van der Waals surface area (Å²) >= 11 is 0. The first-order valence-electron chi connectivity index (χ1n) is 6.97. The van der Waals surface area contributed by atoms with E-state index in [9.17, 15) is 0 Å². The van der Waals surface area contributed by atoms with Crippen molar-refractivity contribution in [3.8, 4) is 0 Å². The zero-order valence-electron chi connectivity index (χ0n) is 12.5. The zero-order chi connectivity index (χ0) is 13.5. The van der Waals surface area contributed by atoms with E-state index in [-0.39, 0.29) is 0 Å².